The highest BCUT2D eigenvalue weighted by Crippen LogP contribution is 2.30. The lowest BCUT2D eigenvalue weighted by molar-refractivity contribution is -0.143. The zero-order chi connectivity index (χ0) is 22.5. The summed E-state index contributed by atoms with van der Waals surface area (Å²) in [5, 5.41) is 12.7. The van der Waals surface area contributed by atoms with E-state index >= 15 is 0 Å². The molecule has 1 aromatic carbocycles. The molecular formula is C24H38N2O4. The van der Waals surface area contributed by atoms with Gasteiger partial charge < -0.3 is 15.2 Å². The molecular weight excluding hydrogens is 380 g/mol. The van der Waals surface area contributed by atoms with Gasteiger partial charge >= 0.3 is 5.97 Å². The van der Waals surface area contributed by atoms with Crippen LogP contribution in [0.15, 0.2) is 30.4 Å². The van der Waals surface area contributed by atoms with Crippen molar-refractivity contribution in [3.05, 3.63) is 41.5 Å². The van der Waals surface area contributed by atoms with Crippen molar-refractivity contribution in [1.29, 1.82) is 0 Å². The van der Waals surface area contributed by atoms with Crippen LogP contribution >= 0.6 is 0 Å². The van der Waals surface area contributed by atoms with Gasteiger partial charge in [0, 0.05) is 18.5 Å². The standard InChI is InChI=1S/C24H38N2O4/c1-6-26(7-2)23(24(28)29)20-15-14-19(16-21(20)30-5)17-25-22(27)13-11-9-8-10-12-18(3)4/h10,12,14-16,18,23H,6-9,11,13,17H2,1-5H3,(H,25,27)(H,28,29). The van der Waals surface area contributed by atoms with Crippen LogP contribution in [0.5, 0.6) is 5.75 Å². The predicted molar refractivity (Wildman–Crippen MR) is 121 cm³/mol. The van der Waals surface area contributed by atoms with E-state index < -0.39 is 12.0 Å². The summed E-state index contributed by atoms with van der Waals surface area (Å²) >= 11 is 0. The molecule has 30 heavy (non-hydrogen) atoms. The van der Waals surface area contributed by atoms with E-state index in [0.717, 1.165) is 24.8 Å². The summed E-state index contributed by atoms with van der Waals surface area (Å²) in [4.78, 5) is 25.8. The zero-order valence-electron chi connectivity index (χ0n) is 19.1. The number of rotatable bonds is 14. The molecule has 0 bridgehead atoms. The van der Waals surface area contributed by atoms with Gasteiger partial charge in [0.05, 0.1) is 7.11 Å². The van der Waals surface area contributed by atoms with Crippen molar-refractivity contribution in [2.75, 3.05) is 20.2 Å². The Morgan fingerprint density at radius 2 is 1.90 bits per heavy atom. The number of nitrogens with one attached hydrogen (secondary N) is 1. The molecule has 0 radical (unpaired) electrons. The maximum atomic E-state index is 12.1. The minimum atomic E-state index is -0.902. The highest BCUT2D eigenvalue weighted by atomic mass is 16.5. The molecule has 1 atom stereocenters. The molecule has 6 nitrogen and oxygen atoms in total. The SMILES string of the molecule is CCN(CC)C(C(=O)O)c1ccc(CNC(=O)CCCCC=CC(C)C)cc1OC. The predicted octanol–water partition coefficient (Wildman–Crippen LogP) is 4.55. The first-order valence-electron chi connectivity index (χ1n) is 10.9. The minimum Gasteiger partial charge on any atom is -0.496 e. The number of ether oxygens (including phenoxy) is 1. The number of hydrogen-bond donors (Lipinski definition) is 2. The number of benzene rings is 1. The first-order chi connectivity index (χ1) is 14.3. The summed E-state index contributed by atoms with van der Waals surface area (Å²) in [6.07, 6.45) is 7.74. The van der Waals surface area contributed by atoms with Crippen LogP contribution in [0.2, 0.25) is 0 Å². The fraction of sp³-hybridized carbons (Fsp3) is 0.583. The van der Waals surface area contributed by atoms with E-state index in [-0.39, 0.29) is 5.91 Å². The zero-order valence-corrected chi connectivity index (χ0v) is 19.1. The van der Waals surface area contributed by atoms with Crippen molar-refractivity contribution in [2.24, 2.45) is 5.92 Å². The maximum absolute atomic E-state index is 12.1. The second kappa shape index (κ2) is 13.8. The van der Waals surface area contributed by atoms with E-state index in [1.807, 2.05) is 30.9 Å². The van der Waals surface area contributed by atoms with Crippen LogP contribution in [-0.2, 0) is 16.1 Å². The number of carbonyl (C=O) groups excluding carboxylic acids is 1. The highest BCUT2D eigenvalue weighted by molar-refractivity contribution is 5.77. The lowest BCUT2D eigenvalue weighted by Gasteiger charge is -2.27. The summed E-state index contributed by atoms with van der Waals surface area (Å²) in [6, 6.07) is 4.70. The number of aliphatic carboxylic acids is 1. The number of carboxylic acids is 1. The van der Waals surface area contributed by atoms with Gasteiger partial charge in [-0.25, -0.2) is 0 Å². The van der Waals surface area contributed by atoms with Crippen LogP contribution < -0.4 is 10.1 Å². The fourth-order valence-electron chi connectivity index (χ4n) is 3.37. The average Bonchev–Trinajstić information content (AvgIpc) is 2.72. The molecule has 1 aromatic rings. The lowest BCUT2D eigenvalue weighted by Crippen LogP contribution is -2.34. The first-order valence-corrected chi connectivity index (χ1v) is 10.9. The maximum Gasteiger partial charge on any atom is 0.325 e. The Kier molecular flexibility index (Phi) is 11.8. The number of methoxy groups -OCH3 is 1. The molecule has 0 aliphatic heterocycles. The number of unbranched alkanes of at least 4 members (excludes halogenated alkanes) is 2. The van der Waals surface area contributed by atoms with Crippen molar-refractivity contribution >= 4 is 11.9 Å². The van der Waals surface area contributed by atoms with Crippen LogP contribution in [-0.4, -0.2) is 42.1 Å². The van der Waals surface area contributed by atoms with Gasteiger partial charge in [0.25, 0.3) is 0 Å². The molecule has 0 fully saturated rings. The van der Waals surface area contributed by atoms with Gasteiger partial charge in [0.2, 0.25) is 5.91 Å². The van der Waals surface area contributed by atoms with E-state index in [2.05, 4.69) is 31.3 Å². The largest absolute Gasteiger partial charge is 0.496 e. The molecule has 1 unspecified atom stereocenters. The quantitative estimate of drug-likeness (QED) is 0.342. The second-order valence-corrected chi connectivity index (χ2v) is 7.73. The van der Waals surface area contributed by atoms with Gasteiger partial charge in [-0.2, -0.15) is 0 Å². The van der Waals surface area contributed by atoms with Crippen LogP contribution in [0.3, 0.4) is 0 Å². The van der Waals surface area contributed by atoms with Gasteiger partial charge in [-0.15, -0.1) is 0 Å². The summed E-state index contributed by atoms with van der Waals surface area (Å²) in [7, 11) is 1.54. The Balaban J connectivity index is 2.66. The van der Waals surface area contributed by atoms with Gasteiger partial charge in [0.1, 0.15) is 11.8 Å². The minimum absolute atomic E-state index is 0.0254. The van der Waals surface area contributed by atoms with Crippen LogP contribution in [0.4, 0.5) is 0 Å². The normalized spacial score (nSPS) is 12.5. The fourth-order valence-corrected chi connectivity index (χ4v) is 3.37. The smallest absolute Gasteiger partial charge is 0.325 e. The Morgan fingerprint density at radius 1 is 1.20 bits per heavy atom. The average molecular weight is 419 g/mol. The molecule has 1 amide bonds. The topological polar surface area (TPSA) is 78.9 Å². The molecule has 6 heteroatoms. The molecule has 0 aliphatic carbocycles. The van der Waals surface area contributed by atoms with Gasteiger partial charge in [-0.1, -0.05) is 52.0 Å². The van der Waals surface area contributed by atoms with E-state index in [9.17, 15) is 14.7 Å². The summed E-state index contributed by atoms with van der Waals surface area (Å²) in [5.41, 5.74) is 1.51. The third kappa shape index (κ3) is 8.57. The molecule has 0 saturated carbocycles. The summed E-state index contributed by atoms with van der Waals surface area (Å²) in [5.74, 6) is 0.214. The Labute approximate surface area is 181 Å². The number of likely N-dealkylation sites (N-methyl/N-ethyl adjacent to an activating group) is 1. The van der Waals surface area contributed by atoms with Crippen molar-refractivity contribution in [3.8, 4) is 5.75 Å². The molecule has 168 valence electrons. The Morgan fingerprint density at radius 3 is 2.47 bits per heavy atom. The monoisotopic (exact) mass is 418 g/mol. The Bertz CT molecular complexity index is 696. The molecule has 2 N–H and O–H groups in total. The summed E-state index contributed by atoms with van der Waals surface area (Å²) < 4.78 is 5.47. The van der Waals surface area contributed by atoms with Crippen LogP contribution in [0, 0.1) is 5.92 Å². The number of hydrogen-bond acceptors (Lipinski definition) is 4. The third-order valence-corrected chi connectivity index (χ3v) is 5.04. The molecule has 1 rings (SSSR count). The van der Waals surface area contributed by atoms with Crippen LogP contribution in [0.25, 0.3) is 0 Å². The van der Waals surface area contributed by atoms with Crippen molar-refractivity contribution in [3.63, 3.8) is 0 Å². The third-order valence-electron chi connectivity index (χ3n) is 5.04. The van der Waals surface area contributed by atoms with Crippen LogP contribution in [0.1, 0.15) is 70.5 Å². The van der Waals surface area contributed by atoms with Crippen molar-refractivity contribution in [1.82, 2.24) is 10.2 Å². The second-order valence-electron chi connectivity index (χ2n) is 7.73. The van der Waals surface area contributed by atoms with Gasteiger partial charge in [0.15, 0.2) is 0 Å². The number of allylic oxidation sites excluding steroid dienone is 2. The number of carbonyl (C=O) groups is 2. The highest BCUT2D eigenvalue weighted by Gasteiger charge is 2.28. The molecule has 0 heterocycles. The lowest BCUT2D eigenvalue weighted by atomic mass is 10.0. The van der Waals surface area contributed by atoms with E-state index in [0.29, 0.717) is 43.3 Å². The van der Waals surface area contributed by atoms with Gasteiger partial charge in [-0.3, -0.25) is 14.5 Å². The summed E-state index contributed by atoms with van der Waals surface area (Å²) in [6.45, 7) is 9.83. The first kappa shape index (κ1) is 25.7. The van der Waals surface area contributed by atoms with E-state index in [1.165, 1.54) is 7.11 Å². The molecule has 0 aromatic heterocycles. The number of amides is 1. The number of carboxylic acid groups (broad SMARTS) is 1. The van der Waals surface area contributed by atoms with E-state index in [1.54, 1.807) is 6.07 Å². The van der Waals surface area contributed by atoms with Crippen molar-refractivity contribution in [2.45, 2.75) is 66.0 Å². The molecule has 0 spiro atoms. The number of nitrogens with zero attached hydrogens (tertiary/aromatic N) is 1. The van der Waals surface area contributed by atoms with E-state index in [4.69, 9.17) is 4.74 Å². The molecule has 0 saturated heterocycles. The molecule has 0 aliphatic rings. The van der Waals surface area contributed by atoms with Gasteiger partial charge in [-0.05, 0) is 49.9 Å². The Hall–Kier alpha value is -2.34. The van der Waals surface area contributed by atoms with Crippen molar-refractivity contribution < 1.29 is 19.4 Å².